The summed E-state index contributed by atoms with van der Waals surface area (Å²) in [5, 5.41) is 2.39. The normalized spacial score (nSPS) is 10.7. The summed E-state index contributed by atoms with van der Waals surface area (Å²) in [5.74, 6) is -0.307. The molecule has 0 aliphatic carbocycles. The average molecular weight is 165 g/mol. The Bertz CT molecular complexity index is 126. The van der Waals surface area contributed by atoms with E-state index in [2.05, 4.69) is 5.32 Å². The van der Waals surface area contributed by atoms with Gasteiger partial charge in [0, 0.05) is 18.9 Å². The maximum absolute atomic E-state index is 11.5. The van der Waals surface area contributed by atoms with Gasteiger partial charge in [0.2, 0.25) is 12.3 Å². The van der Waals surface area contributed by atoms with Crippen molar-refractivity contribution in [2.75, 3.05) is 6.54 Å². The highest BCUT2D eigenvalue weighted by atomic mass is 19.3. The Morgan fingerprint density at radius 1 is 1.45 bits per heavy atom. The lowest BCUT2D eigenvalue weighted by molar-refractivity contribution is -0.124. The van der Waals surface area contributed by atoms with Crippen LogP contribution in [0.3, 0.4) is 0 Å². The number of halogens is 2. The van der Waals surface area contributed by atoms with E-state index in [1.54, 1.807) is 13.8 Å². The lowest BCUT2D eigenvalue weighted by atomic mass is 10.2. The predicted molar refractivity (Wildman–Crippen MR) is 38.5 cm³/mol. The van der Waals surface area contributed by atoms with Gasteiger partial charge in [0.15, 0.2) is 0 Å². The first-order valence-corrected chi connectivity index (χ1v) is 3.60. The molecule has 4 heteroatoms. The van der Waals surface area contributed by atoms with Gasteiger partial charge in [-0.1, -0.05) is 13.8 Å². The summed E-state index contributed by atoms with van der Waals surface area (Å²) < 4.78 is 23.1. The number of hydrogen-bond acceptors (Lipinski definition) is 1. The number of amides is 1. The van der Waals surface area contributed by atoms with Crippen LogP contribution < -0.4 is 5.32 Å². The lowest BCUT2D eigenvalue weighted by Gasteiger charge is -2.06. The number of carbonyl (C=O) groups excluding carboxylic acids is 1. The van der Waals surface area contributed by atoms with E-state index in [0.29, 0.717) is 0 Å². The molecule has 0 aliphatic heterocycles. The summed E-state index contributed by atoms with van der Waals surface area (Å²) in [6.07, 6.45) is -2.60. The van der Waals surface area contributed by atoms with Gasteiger partial charge in [0.25, 0.3) is 0 Å². The lowest BCUT2D eigenvalue weighted by Crippen LogP contribution is -2.29. The van der Waals surface area contributed by atoms with E-state index in [-0.39, 0.29) is 24.8 Å². The molecule has 0 aromatic rings. The van der Waals surface area contributed by atoms with Crippen molar-refractivity contribution in [3.05, 3.63) is 0 Å². The van der Waals surface area contributed by atoms with Crippen LogP contribution in [-0.4, -0.2) is 18.9 Å². The van der Waals surface area contributed by atoms with Crippen molar-refractivity contribution in [3.63, 3.8) is 0 Å². The van der Waals surface area contributed by atoms with Crippen LogP contribution in [0.2, 0.25) is 0 Å². The van der Waals surface area contributed by atoms with Gasteiger partial charge in [-0.3, -0.25) is 4.79 Å². The van der Waals surface area contributed by atoms with E-state index in [1.165, 1.54) is 0 Å². The van der Waals surface area contributed by atoms with Crippen molar-refractivity contribution >= 4 is 5.91 Å². The summed E-state index contributed by atoms with van der Waals surface area (Å²) in [6, 6.07) is 0. The molecule has 0 atom stereocenters. The van der Waals surface area contributed by atoms with E-state index < -0.39 is 6.43 Å². The Kier molecular flexibility index (Phi) is 4.74. The molecule has 0 fully saturated rings. The molecule has 0 spiro atoms. The van der Waals surface area contributed by atoms with Crippen molar-refractivity contribution in [2.24, 2.45) is 5.92 Å². The SMILES string of the molecule is CC(C)C(=O)NCCC(F)F. The number of carbonyl (C=O) groups is 1. The van der Waals surface area contributed by atoms with Crippen molar-refractivity contribution in [2.45, 2.75) is 26.7 Å². The quantitative estimate of drug-likeness (QED) is 0.670. The third-order valence-corrected chi connectivity index (χ3v) is 1.19. The second kappa shape index (κ2) is 5.04. The highest BCUT2D eigenvalue weighted by molar-refractivity contribution is 5.77. The summed E-state index contributed by atoms with van der Waals surface area (Å²) >= 11 is 0. The van der Waals surface area contributed by atoms with Crippen LogP contribution in [-0.2, 0) is 4.79 Å². The second-order valence-electron chi connectivity index (χ2n) is 2.63. The summed E-state index contributed by atoms with van der Waals surface area (Å²) in [5.41, 5.74) is 0. The molecule has 11 heavy (non-hydrogen) atoms. The Hall–Kier alpha value is -0.670. The molecule has 0 heterocycles. The van der Waals surface area contributed by atoms with Crippen molar-refractivity contribution in [1.82, 2.24) is 5.32 Å². The molecule has 0 bridgehead atoms. The Morgan fingerprint density at radius 2 is 2.00 bits per heavy atom. The molecule has 66 valence electrons. The van der Waals surface area contributed by atoms with Gasteiger partial charge in [-0.15, -0.1) is 0 Å². The van der Waals surface area contributed by atoms with Crippen LogP contribution >= 0.6 is 0 Å². The van der Waals surface area contributed by atoms with Crippen LogP contribution in [0.15, 0.2) is 0 Å². The van der Waals surface area contributed by atoms with E-state index in [1.807, 2.05) is 0 Å². The zero-order chi connectivity index (χ0) is 8.85. The number of alkyl halides is 2. The first-order valence-electron chi connectivity index (χ1n) is 3.60. The summed E-state index contributed by atoms with van der Waals surface area (Å²) in [6.45, 7) is 3.50. The van der Waals surface area contributed by atoms with Gasteiger partial charge in [-0.2, -0.15) is 0 Å². The molecule has 0 aliphatic rings. The van der Waals surface area contributed by atoms with Crippen LogP contribution in [0.1, 0.15) is 20.3 Å². The van der Waals surface area contributed by atoms with Gasteiger partial charge in [-0.05, 0) is 0 Å². The van der Waals surface area contributed by atoms with Crippen LogP contribution in [0.25, 0.3) is 0 Å². The molecule has 0 saturated carbocycles. The van der Waals surface area contributed by atoms with Crippen molar-refractivity contribution in [3.8, 4) is 0 Å². The fraction of sp³-hybridized carbons (Fsp3) is 0.857. The number of nitrogens with one attached hydrogen (secondary N) is 1. The molecule has 0 unspecified atom stereocenters. The highest BCUT2D eigenvalue weighted by Crippen LogP contribution is 1.97. The van der Waals surface area contributed by atoms with Gasteiger partial charge >= 0.3 is 0 Å². The molecule has 0 aromatic heterocycles. The molecular formula is C7H13F2NO. The van der Waals surface area contributed by atoms with Gasteiger partial charge in [0.1, 0.15) is 0 Å². The number of rotatable bonds is 4. The van der Waals surface area contributed by atoms with Crippen molar-refractivity contribution < 1.29 is 13.6 Å². The molecule has 0 rings (SSSR count). The Morgan fingerprint density at radius 3 is 2.36 bits per heavy atom. The van der Waals surface area contributed by atoms with E-state index in [0.717, 1.165) is 0 Å². The third kappa shape index (κ3) is 5.76. The minimum Gasteiger partial charge on any atom is -0.356 e. The zero-order valence-electron chi connectivity index (χ0n) is 6.73. The Balaban J connectivity index is 3.32. The fourth-order valence-electron chi connectivity index (χ4n) is 0.509. The molecular weight excluding hydrogens is 152 g/mol. The summed E-state index contributed by atoms with van der Waals surface area (Å²) in [4.78, 5) is 10.8. The minimum atomic E-state index is -2.33. The second-order valence-corrected chi connectivity index (χ2v) is 2.63. The molecule has 1 N–H and O–H groups in total. The molecule has 2 nitrogen and oxygen atoms in total. The first-order chi connectivity index (χ1) is 5.04. The molecule has 0 aromatic carbocycles. The standard InChI is InChI=1S/C7H13F2NO/c1-5(2)7(11)10-4-3-6(8)9/h5-6H,3-4H2,1-2H3,(H,10,11). The van der Waals surface area contributed by atoms with Gasteiger partial charge in [0.05, 0.1) is 0 Å². The zero-order valence-corrected chi connectivity index (χ0v) is 6.73. The minimum absolute atomic E-state index is 0.0642. The average Bonchev–Trinajstić information content (AvgIpc) is 1.86. The monoisotopic (exact) mass is 165 g/mol. The maximum atomic E-state index is 11.5. The molecule has 0 radical (unpaired) electrons. The first kappa shape index (κ1) is 10.3. The molecule has 1 amide bonds. The maximum Gasteiger partial charge on any atom is 0.240 e. The van der Waals surface area contributed by atoms with Crippen LogP contribution in [0, 0.1) is 5.92 Å². The van der Waals surface area contributed by atoms with E-state index >= 15 is 0 Å². The Labute approximate surface area is 65.0 Å². The predicted octanol–water partition coefficient (Wildman–Crippen LogP) is 1.41. The molecule has 0 saturated heterocycles. The topological polar surface area (TPSA) is 29.1 Å². The number of hydrogen-bond donors (Lipinski definition) is 1. The van der Waals surface area contributed by atoms with Crippen LogP contribution in [0.4, 0.5) is 8.78 Å². The summed E-state index contributed by atoms with van der Waals surface area (Å²) in [7, 11) is 0. The highest BCUT2D eigenvalue weighted by Gasteiger charge is 2.07. The van der Waals surface area contributed by atoms with Crippen LogP contribution in [0.5, 0.6) is 0 Å². The largest absolute Gasteiger partial charge is 0.356 e. The smallest absolute Gasteiger partial charge is 0.240 e. The van der Waals surface area contributed by atoms with E-state index in [9.17, 15) is 13.6 Å². The van der Waals surface area contributed by atoms with Crippen molar-refractivity contribution in [1.29, 1.82) is 0 Å². The fourth-order valence-corrected chi connectivity index (χ4v) is 0.509. The van der Waals surface area contributed by atoms with Gasteiger partial charge < -0.3 is 5.32 Å². The van der Waals surface area contributed by atoms with Gasteiger partial charge in [-0.25, -0.2) is 8.78 Å². The van der Waals surface area contributed by atoms with E-state index in [4.69, 9.17) is 0 Å². The third-order valence-electron chi connectivity index (χ3n) is 1.19.